The van der Waals surface area contributed by atoms with Crippen LogP contribution in [0.1, 0.15) is 9.88 Å². The number of nitrogens with one attached hydrogen (secondary N) is 1. The third kappa shape index (κ3) is 3.20. The summed E-state index contributed by atoms with van der Waals surface area (Å²) in [4.78, 5) is 5.72. The van der Waals surface area contributed by atoms with E-state index in [-0.39, 0.29) is 0 Å². The van der Waals surface area contributed by atoms with Crippen molar-refractivity contribution in [3.63, 3.8) is 0 Å². The van der Waals surface area contributed by atoms with Gasteiger partial charge in [-0.2, -0.15) is 0 Å². The van der Waals surface area contributed by atoms with Crippen LogP contribution in [0.3, 0.4) is 0 Å². The molecule has 0 atom stereocenters. The Bertz CT molecular complexity index is 701. The van der Waals surface area contributed by atoms with Crippen molar-refractivity contribution in [3.05, 3.63) is 56.0 Å². The molecule has 0 aliphatic rings. The zero-order valence-corrected chi connectivity index (χ0v) is 13.3. The number of anilines is 1. The van der Waals surface area contributed by atoms with Crippen molar-refractivity contribution in [1.82, 2.24) is 4.98 Å². The Morgan fingerprint density at radius 2 is 1.95 bits per heavy atom. The van der Waals surface area contributed by atoms with Crippen molar-refractivity contribution in [3.8, 4) is 11.3 Å². The average Bonchev–Trinajstić information content (AvgIpc) is 3.06. The van der Waals surface area contributed by atoms with E-state index in [1.807, 2.05) is 19.1 Å². The molecule has 1 aromatic carbocycles. The fourth-order valence-corrected chi connectivity index (χ4v) is 3.54. The number of thiophene rings is 1. The molecule has 0 saturated heterocycles. The molecular formula is C15H13ClN2S2. The molecule has 2 heterocycles. The van der Waals surface area contributed by atoms with Gasteiger partial charge in [-0.25, -0.2) is 4.98 Å². The summed E-state index contributed by atoms with van der Waals surface area (Å²) in [5, 5.41) is 6.58. The maximum Gasteiger partial charge on any atom is 0.0931 e. The summed E-state index contributed by atoms with van der Waals surface area (Å²) in [5.41, 5.74) is 3.30. The number of thiazole rings is 1. The fourth-order valence-electron chi connectivity index (χ4n) is 1.89. The number of rotatable bonds is 4. The maximum absolute atomic E-state index is 5.92. The Labute approximate surface area is 131 Å². The largest absolute Gasteiger partial charge is 0.380 e. The van der Waals surface area contributed by atoms with E-state index in [9.17, 15) is 0 Å². The molecule has 1 N–H and O–H groups in total. The maximum atomic E-state index is 5.92. The van der Waals surface area contributed by atoms with E-state index in [1.165, 1.54) is 4.88 Å². The van der Waals surface area contributed by atoms with Gasteiger partial charge >= 0.3 is 0 Å². The molecular weight excluding hydrogens is 308 g/mol. The molecule has 0 radical (unpaired) electrons. The lowest BCUT2D eigenvalue weighted by Gasteiger charge is -2.05. The topological polar surface area (TPSA) is 24.9 Å². The lowest BCUT2D eigenvalue weighted by molar-refractivity contribution is 1.19. The van der Waals surface area contributed by atoms with Crippen molar-refractivity contribution in [2.45, 2.75) is 13.5 Å². The van der Waals surface area contributed by atoms with Crippen LogP contribution in [-0.4, -0.2) is 4.98 Å². The normalized spacial score (nSPS) is 10.7. The number of nitrogens with zero attached hydrogens (tertiary/aromatic N) is 1. The highest BCUT2D eigenvalue weighted by Gasteiger charge is 2.02. The van der Waals surface area contributed by atoms with Gasteiger partial charge in [0, 0.05) is 28.1 Å². The van der Waals surface area contributed by atoms with E-state index < -0.39 is 0 Å². The van der Waals surface area contributed by atoms with Gasteiger partial charge in [0.05, 0.1) is 15.0 Å². The van der Waals surface area contributed by atoms with E-state index in [1.54, 1.807) is 22.7 Å². The number of aryl methyl sites for hydroxylation is 1. The van der Waals surface area contributed by atoms with Crippen LogP contribution in [0.25, 0.3) is 11.3 Å². The van der Waals surface area contributed by atoms with E-state index in [0.29, 0.717) is 0 Å². The Kier molecular flexibility index (Phi) is 4.05. The second kappa shape index (κ2) is 5.95. The molecule has 102 valence electrons. The molecule has 0 bridgehead atoms. The van der Waals surface area contributed by atoms with Gasteiger partial charge in [0.1, 0.15) is 0 Å². The number of benzene rings is 1. The molecule has 2 aromatic heterocycles. The molecule has 0 unspecified atom stereocenters. The molecule has 5 heteroatoms. The molecule has 0 amide bonds. The summed E-state index contributed by atoms with van der Waals surface area (Å²) >= 11 is 9.20. The summed E-state index contributed by atoms with van der Waals surface area (Å²) in [6, 6.07) is 12.3. The first-order chi connectivity index (χ1) is 9.70. The first-order valence-electron chi connectivity index (χ1n) is 6.21. The van der Waals surface area contributed by atoms with Crippen LogP contribution in [0.2, 0.25) is 4.34 Å². The highest BCUT2D eigenvalue weighted by atomic mass is 35.5. The van der Waals surface area contributed by atoms with Gasteiger partial charge in [-0.1, -0.05) is 23.7 Å². The quantitative estimate of drug-likeness (QED) is 0.691. The number of hydrogen-bond donors (Lipinski definition) is 1. The SMILES string of the molecule is Cc1nc(-c2ccc(NCc3ccc(Cl)s3)cc2)cs1. The van der Waals surface area contributed by atoms with Crippen molar-refractivity contribution < 1.29 is 0 Å². The van der Waals surface area contributed by atoms with Crippen molar-refractivity contribution in [2.75, 3.05) is 5.32 Å². The molecule has 0 spiro atoms. The van der Waals surface area contributed by atoms with Gasteiger partial charge < -0.3 is 5.32 Å². The Hall–Kier alpha value is -1.36. The second-order valence-electron chi connectivity index (χ2n) is 4.39. The molecule has 0 saturated carbocycles. The minimum Gasteiger partial charge on any atom is -0.380 e. The number of hydrogen-bond acceptors (Lipinski definition) is 4. The first-order valence-corrected chi connectivity index (χ1v) is 8.29. The monoisotopic (exact) mass is 320 g/mol. The molecule has 0 aliphatic heterocycles. The predicted octanol–water partition coefficient (Wildman–Crippen LogP) is 5.45. The molecule has 0 aliphatic carbocycles. The van der Waals surface area contributed by atoms with Crippen molar-refractivity contribution in [2.24, 2.45) is 0 Å². The van der Waals surface area contributed by atoms with Crippen LogP contribution in [-0.2, 0) is 6.54 Å². The van der Waals surface area contributed by atoms with Crippen molar-refractivity contribution in [1.29, 1.82) is 0 Å². The third-order valence-electron chi connectivity index (χ3n) is 2.90. The average molecular weight is 321 g/mol. The Balaban J connectivity index is 1.67. The number of aromatic nitrogens is 1. The van der Waals surface area contributed by atoms with E-state index >= 15 is 0 Å². The van der Waals surface area contributed by atoms with Gasteiger partial charge in [0.25, 0.3) is 0 Å². The van der Waals surface area contributed by atoms with Crippen LogP contribution in [0.5, 0.6) is 0 Å². The van der Waals surface area contributed by atoms with Crippen LogP contribution in [0, 0.1) is 6.92 Å². The van der Waals surface area contributed by atoms with Gasteiger partial charge in [-0.15, -0.1) is 22.7 Å². The zero-order valence-electron chi connectivity index (χ0n) is 10.9. The first kappa shape index (κ1) is 13.6. The summed E-state index contributed by atoms with van der Waals surface area (Å²) < 4.78 is 0.830. The molecule has 3 rings (SSSR count). The standard InChI is InChI=1S/C15H13ClN2S2/c1-10-18-14(9-19-10)11-2-4-12(5-3-11)17-8-13-6-7-15(16)20-13/h2-7,9,17H,8H2,1H3. The number of halogens is 1. The molecule has 2 nitrogen and oxygen atoms in total. The van der Waals surface area contributed by atoms with Crippen LogP contribution in [0.4, 0.5) is 5.69 Å². The van der Waals surface area contributed by atoms with Gasteiger partial charge in [0.15, 0.2) is 0 Å². The van der Waals surface area contributed by atoms with Crippen LogP contribution in [0.15, 0.2) is 41.8 Å². The second-order valence-corrected chi connectivity index (χ2v) is 7.25. The van der Waals surface area contributed by atoms with E-state index in [4.69, 9.17) is 11.6 Å². The smallest absolute Gasteiger partial charge is 0.0931 e. The fraction of sp³-hybridized carbons (Fsp3) is 0.133. The predicted molar refractivity (Wildman–Crippen MR) is 88.9 cm³/mol. The lowest BCUT2D eigenvalue weighted by atomic mass is 10.1. The highest BCUT2D eigenvalue weighted by Crippen LogP contribution is 2.25. The van der Waals surface area contributed by atoms with E-state index in [0.717, 1.165) is 32.8 Å². The van der Waals surface area contributed by atoms with E-state index in [2.05, 4.69) is 39.9 Å². The lowest BCUT2D eigenvalue weighted by Crippen LogP contribution is -1.96. The molecule has 20 heavy (non-hydrogen) atoms. The zero-order chi connectivity index (χ0) is 13.9. The molecule has 3 aromatic rings. The molecule has 0 fully saturated rings. The Morgan fingerprint density at radius 1 is 1.15 bits per heavy atom. The minimum absolute atomic E-state index is 0.798. The van der Waals surface area contributed by atoms with Gasteiger partial charge in [-0.3, -0.25) is 0 Å². The Morgan fingerprint density at radius 3 is 2.55 bits per heavy atom. The van der Waals surface area contributed by atoms with Gasteiger partial charge in [0.2, 0.25) is 0 Å². The highest BCUT2D eigenvalue weighted by molar-refractivity contribution is 7.16. The van der Waals surface area contributed by atoms with Crippen LogP contribution >= 0.6 is 34.3 Å². The minimum atomic E-state index is 0.798. The van der Waals surface area contributed by atoms with Gasteiger partial charge in [-0.05, 0) is 31.2 Å². The summed E-state index contributed by atoms with van der Waals surface area (Å²) in [6.07, 6.45) is 0. The summed E-state index contributed by atoms with van der Waals surface area (Å²) in [7, 11) is 0. The summed E-state index contributed by atoms with van der Waals surface area (Å²) in [5.74, 6) is 0. The summed E-state index contributed by atoms with van der Waals surface area (Å²) in [6.45, 7) is 2.82. The van der Waals surface area contributed by atoms with Crippen LogP contribution < -0.4 is 5.32 Å². The van der Waals surface area contributed by atoms with Crippen molar-refractivity contribution >= 4 is 40.0 Å². The third-order valence-corrected chi connectivity index (χ3v) is 4.90.